The Bertz CT molecular complexity index is 1010. The molecular weight excluding hydrogens is 407 g/mol. The van der Waals surface area contributed by atoms with E-state index in [1.54, 1.807) is 13.1 Å². The molecular formula is C16H15FN6O3S2. The SMILES string of the molecule is COc1nn(C)cc1C(=O)Nc1nnc(SCC(=O)Nc2cccc(F)c2)s1. The van der Waals surface area contributed by atoms with Crippen LogP contribution in [0.25, 0.3) is 0 Å². The number of carbonyl (C=O) groups excluding carboxylic acids is 2. The standard InChI is InChI=1S/C16H15FN6O3S2/c1-23-7-11(14(22-23)26-2)13(25)19-15-20-21-16(28-15)27-8-12(24)18-10-5-3-4-9(17)6-10/h3-7H,8H2,1-2H3,(H,18,24)(H,19,20,25). The Labute approximate surface area is 167 Å². The van der Waals surface area contributed by atoms with E-state index in [4.69, 9.17) is 4.74 Å². The van der Waals surface area contributed by atoms with Crippen LogP contribution in [-0.4, -0.2) is 44.7 Å². The summed E-state index contributed by atoms with van der Waals surface area (Å²) in [6, 6.07) is 5.63. The predicted octanol–water partition coefficient (Wildman–Crippen LogP) is 2.40. The summed E-state index contributed by atoms with van der Waals surface area (Å²) in [4.78, 5) is 24.3. The molecule has 1 aromatic carbocycles. The van der Waals surface area contributed by atoms with Gasteiger partial charge in [0, 0.05) is 18.9 Å². The van der Waals surface area contributed by atoms with Gasteiger partial charge in [0.05, 0.1) is 12.9 Å². The highest BCUT2D eigenvalue weighted by Gasteiger charge is 2.18. The number of methoxy groups -OCH3 is 1. The molecule has 0 aliphatic carbocycles. The molecule has 3 rings (SSSR count). The van der Waals surface area contributed by atoms with E-state index < -0.39 is 11.7 Å². The van der Waals surface area contributed by atoms with Crippen LogP contribution in [0, 0.1) is 5.82 Å². The zero-order valence-corrected chi connectivity index (χ0v) is 16.4. The van der Waals surface area contributed by atoms with Crippen LogP contribution in [0.15, 0.2) is 34.8 Å². The molecule has 0 radical (unpaired) electrons. The van der Waals surface area contributed by atoms with Gasteiger partial charge in [-0.1, -0.05) is 29.2 Å². The molecule has 9 nitrogen and oxygen atoms in total. The lowest BCUT2D eigenvalue weighted by Crippen LogP contribution is -2.13. The number of nitrogens with zero attached hydrogens (tertiary/aromatic N) is 4. The van der Waals surface area contributed by atoms with E-state index in [1.807, 2.05) is 0 Å². The number of carbonyl (C=O) groups is 2. The summed E-state index contributed by atoms with van der Waals surface area (Å²) in [5.74, 6) is -0.901. The number of aryl methyl sites for hydroxylation is 1. The summed E-state index contributed by atoms with van der Waals surface area (Å²) in [5.41, 5.74) is 0.644. The van der Waals surface area contributed by atoms with E-state index in [0.717, 1.165) is 23.1 Å². The summed E-state index contributed by atoms with van der Waals surface area (Å²) in [6.07, 6.45) is 1.53. The first-order valence-corrected chi connectivity index (χ1v) is 9.65. The van der Waals surface area contributed by atoms with Crippen LogP contribution in [0.1, 0.15) is 10.4 Å². The number of benzene rings is 1. The lowest BCUT2D eigenvalue weighted by Gasteiger charge is -2.03. The van der Waals surface area contributed by atoms with Crippen LogP contribution < -0.4 is 15.4 Å². The lowest BCUT2D eigenvalue weighted by atomic mass is 10.3. The van der Waals surface area contributed by atoms with Gasteiger partial charge in [0.25, 0.3) is 5.91 Å². The molecule has 0 bridgehead atoms. The number of thioether (sulfide) groups is 1. The molecule has 2 N–H and O–H groups in total. The van der Waals surface area contributed by atoms with Crippen molar-refractivity contribution in [2.45, 2.75) is 4.34 Å². The zero-order valence-electron chi connectivity index (χ0n) is 14.8. The fraction of sp³-hybridized carbons (Fsp3) is 0.188. The van der Waals surface area contributed by atoms with Gasteiger partial charge in [0.2, 0.25) is 16.9 Å². The van der Waals surface area contributed by atoms with Crippen molar-refractivity contribution in [2.75, 3.05) is 23.5 Å². The van der Waals surface area contributed by atoms with Crippen LogP contribution >= 0.6 is 23.1 Å². The Hall–Kier alpha value is -2.99. The molecule has 0 saturated carbocycles. The Morgan fingerprint density at radius 1 is 1.32 bits per heavy atom. The van der Waals surface area contributed by atoms with Crippen LogP contribution in [0.4, 0.5) is 15.2 Å². The predicted molar refractivity (Wildman–Crippen MR) is 103 cm³/mol. The molecule has 2 aromatic heterocycles. The van der Waals surface area contributed by atoms with Gasteiger partial charge in [0.15, 0.2) is 4.34 Å². The third kappa shape index (κ3) is 5.04. The van der Waals surface area contributed by atoms with E-state index >= 15 is 0 Å². The van der Waals surface area contributed by atoms with Crippen LogP contribution in [0.2, 0.25) is 0 Å². The topological polar surface area (TPSA) is 111 Å². The van der Waals surface area contributed by atoms with Gasteiger partial charge >= 0.3 is 0 Å². The number of halogens is 1. The number of anilines is 2. The van der Waals surface area contributed by atoms with Gasteiger partial charge in [-0.05, 0) is 18.2 Å². The number of hydrogen-bond acceptors (Lipinski definition) is 8. The number of aromatic nitrogens is 4. The molecule has 0 aliphatic rings. The number of hydrogen-bond donors (Lipinski definition) is 2. The van der Waals surface area contributed by atoms with E-state index in [0.29, 0.717) is 10.0 Å². The molecule has 146 valence electrons. The van der Waals surface area contributed by atoms with Crippen LogP contribution in [-0.2, 0) is 11.8 Å². The average molecular weight is 422 g/mol. The monoisotopic (exact) mass is 422 g/mol. The normalized spacial score (nSPS) is 10.5. The minimum absolute atomic E-state index is 0.0650. The van der Waals surface area contributed by atoms with Gasteiger partial charge < -0.3 is 10.1 Å². The summed E-state index contributed by atoms with van der Waals surface area (Å²) in [5, 5.41) is 17.3. The summed E-state index contributed by atoms with van der Waals surface area (Å²) in [7, 11) is 3.10. The fourth-order valence-electron chi connectivity index (χ4n) is 2.15. The summed E-state index contributed by atoms with van der Waals surface area (Å²) in [6.45, 7) is 0. The molecule has 3 aromatic rings. The quantitative estimate of drug-likeness (QED) is 0.444. The van der Waals surface area contributed by atoms with Crippen molar-refractivity contribution in [1.82, 2.24) is 20.0 Å². The highest BCUT2D eigenvalue weighted by Crippen LogP contribution is 2.26. The lowest BCUT2D eigenvalue weighted by molar-refractivity contribution is -0.113. The molecule has 0 fully saturated rings. The second-order valence-electron chi connectivity index (χ2n) is 5.40. The minimum atomic E-state index is -0.430. The Morgan fingerprint density at radius 3 is 2.89 bits per heavy atom. The maximum atomic E-state index is 13.1. The average Bonchev–Trinajstić information content (AvgIpc) is 3.26. The van der Waals surface area contributed by atoms with Crippen molar-refractivity contribution in [3.8, 4) is 5.88 Å². The highest BCUT2D eigenvalue weighted by atomic mass is 32.2. The smallest absolute Gasteiger partial charge is 0.264 e. The molecule has 28 heavy (non-hydrogen) atoms. The maximum Gasteiger partial charge on any atom is 0.264 e. The fourth-order valence-corrected chi connectivity index (χ4v) is 3.70. The summed E-state index contributed by atoms with van der Waals surface area (Å²) < 4.78 is 20.1. The van der Waals surface area contributed by atoms with Crippen LogP contribution in [0.5, 0.6) is 5.88 Å². The molecule has 0 saturated heterocycles. The van der Waals surface area contributed by atoms with E-state index in [2.05, 4.69) is 25.9 Å². The second kappa shape index (κ2) is 8.80. The molecule has 0 spiro atoms. The van der Waals surface area contributed by atoms with E-state index in [9.17, 15) is 14.0 Å². The van der Waals surface area contributed by atoms with E-state index in [-0.39, 0.29) is 28.2 Å². The van der Waals surface area contributed by atoms with Gasteiger partial charge in [0.1, 0.15) is 11.4 Å². The van der Waals surface area contributed by atoms with Crippen molar-refractivity contribution in [2.24, 2.45) is 7.05 Å². The molecule has 2 amide bonds. The Balaban J connectivity index is 1.54. The van der Waals surface area contributed by atoms with Crippen molar-refractivity contribution in [3.05, 3.63) is 41.8 Å². The largest absolute Gasteiger partial charge is 0.479 e. The van der Waals surface area contributed by atoms with E-state index in [1.165, 1.54) is 36.2 Å². The Morgan fingerprint density at radius 2 is 2.14 bits per heavy atom. The number of rotatable bonds is 7. The van der Waals surface area contributed by atoms with Crippen molar-refractivity contribution >= 4 is 45.7 Å². The molecule has 0 atom stereocenters. The number of amides is 2. The first-order valence-electron chi connectivity index (χ1n) is 7.85. The number of nitrogens with one attached hydrogen (secondary N) is 2. The van der Waals surface area contributed by atoms with Crippen molar-refractivity contribution in [3.63, 3.8) is 0 Å². The third-order valence-corrected chi connectivity index (χ3v) is 5.27. The van der Waals surface area contributed by atoms with Gasteiger partial charge in [-0.15, -0.1) is 15.3 Å². The first-order chi connectivity index (χ1) is 13.4. The van der Waals surface area contributed by atoms with Crippen molar-refractivity contribution in [1.29, 1.82) is 0 Å². The van der Waals surface area contributed by atoms with Crippen molar-refractivity contribution < 1.29 is 18.7 Å². The first kappa shape index (κ1) is 19.8. The molecule has 2 heterocycles. The van der Waals surface area contributed by atoms with Gasteiger partial charge in [-0.25, -0.2) is 4.39 Å². The van der Waals surface area contributed by atoms with Crippen LogP contribution in [0.3, 0.4) is 0 Å². The minimum Gasteiger partial charge on any atom is -0.479 e. The van der Waals surface area contributed by atoms with Gasteiger partial charge in [-0.3, -0.25) is 19.6 Å². The number of ether oxygens (including phenoxy) is 1. The highest BCUT2D eigenvalue weighted by molar-refractivity contribution is 8.01. The summed E-state index contributed by atoms with van der Waals surface area (Å²) >= 11 is 2.28. The molecule has 0 unspecified atom stereocenters. The Kier molecular flexibility index (Phi) is 6.21. The van der Waals surface area contributed by atoms with Gasteiger partial charge in [-0.2, -0.15) is 0 Å². The maximum absolute atomic E-state index is 13.1. The second-order valence-corrected chi connectivity index (χ2v) is 7.60. The zero-order chi connectivity index (χ0) is 20.1. The molecule has 12 heteroatoms. The third-order valence-electron chi connectivity index (χ3n) is 3.29. The molecule has 0 aliphatic heterocycles.